The molecule has 28 heavy (non-hydrogen) atoms. The second-order valence-corrected chi connectivity index (χ2v) is 5.92. The lowest BCUT2D eigenvalue weighted by Gasteiger charge is -2.15. The highest BCUT2D eigenvalue weighted by Crippen LogP contribution is 2.32. The number of pyridine rings is 1. The highest BCUT2D eigenvalue weighted by Gasteiger charge is 2.36. The van der Waals surface area contributed by atoms with Gasteiger partial charge in [0, 0.05) is 24.4 Å². The van der Waals surface area contributed by atoms with Crippen molar-refractivity contribution in [3.8, 4) is 22.6 Å². The Balaban J connectivity index is 2.12. The van der Waals surface area contributed by atoms with Crippen LogP contribution in [0.25, 0.3) is 28.3 Å². The molecular formula is C18H16F4N6. The van der Waals surface area contributed by atoms with Crippen molar-refractivity contribution in [2.24, 2.45) is 18.6 Å². The van der Waals surface area contributed by atoms with Crippen molar-refractivity contribution < 1.29 is 17.6 Å². The number of nitrogens with one attached hydrogen (secondary N) is 1. The van der Waals surface area contributed by atoms with Crippen molar-refractivity contribution in [1.29, 1.82) is 0 Å². The molecule has 6 nitrogen and oxygen atoms in total. The van der Waals surface area contributed by atoms with Crippen molar-refractivity contribution in [3.05, 3.63) is 66.0 Å². The van der Waals surface area contributed by atoms with E-state index in [1.807, 2.05) is 0 Å². The Bertz CT molecular complexity index is 1020. The highest BCUT2D eigenvalue weighted by molar-refractivity contribution is 5.79. The smallest absolute Gasteiger partial charge is 0.397 e. The van der Waals surface area contributed by atoms with E-state index >= 15 is 0 Å². The summed E-state index contributed by atoms with van der Waals surface area (Å²) < 4.78 is 54.1. The van der Waals surface area contributed by atoms with Gasteiger partial charge in [0.25, 0.3) is 0 Å². The molecule has 0 aliphatic carbocycles. The molecule has 1 aromatic carbocycles. The van der Waals surface area contributed by atoms with Crippen LogP contribution in [0.1, 0.15) is 5.56 Å². The van der Waals surface area contributed by atoms with Crippen molar-refractivity contribution >= 4 is 5.70 Å². The summed E-state index contributed by atoms with van der Waals surface area (Å²) in [6.07, 6.45) is -1.89. The van der Waals surface area contributed by atoms with Crippen LogP contribution in [0.2, 0.25) is 0 Å². The average molecular weight is 392 g/mol. The second kappa shape index (κ2) is 7.31. The summed E-state index contributed by atoms with van der Waals surface area (Å²) in [6.45, 7) is 0. The van der Waals surface area contributed by atoms with E-state index in [9.17, 15) is 17.6 Å². The van der Waals surface area contributed by atoms with Crippen LogP contribution in [-0.2, 0) is 7.05 Å². The molecule has 0 radical (unpaired) electrons. The maximum absolute atomic E-state index is 13.2. The number of alkyl halides is 3. The van der Waals surface area contributed by atoms with Gasteiger partial charge in [0.15, 0.2) is 5.70 Å². The number of hydrogen-bond acceptors (Lipinski definition) is 5. The third-order valence-corrected chi connectivity index (χ3v) is 4.07. The molecule has 3 rings (SSSR count). The van der Waals surface area contributed by atoms with Crippen molar-refractivity contribution in [1.82, 2.24) is 20.0 Å². The highest BCUT2D eigenvalue weighted by atomic mass is 19.4. The normalized spacial score (nSPS) is 12.6. The summed E-state index contributed by atoms with van der Waals surface area (Å²) in [5.74, 6) is 4.60. The Hall–Kier alpha value is -3.40. The minimum atomic E-state index is -4.74. The third kappa shape index (κ3) is 3.67. The van der Waals surface area contributed by atoms with Gasteiger partial charge in [-0.2, -0.15) is 13.2 Å². The first-order valence-electron chi connectivity index (χ1n) is 8.00. The average Bonchev–Trinajstić information content (AvgIpc) is 3.03. The molecule has 0 spiro atoms. The Morgan fingerprint density at radius 2 is 1.79 bits per heavy atom. The molecule has 146 valence electrons. The van der Waals surface area contributed by atoms with E-state index in [0.717, 1.165) is 0 Å². The van der Waals surface area contributed by atoms with E-state index in [4.69, 9.17) is 11.6 Å². The van der Waals surface area contributed by atoms with Crippen LogP contribution >= 0.6 is 0 Å². The molecule has 0 aliphatic heterocycles. The maximum atomic E-state index is 13.2. The van der Waals surface area contributed by atoms with Crippen LogP contribution < -0.4 is 17.0 Å². The van der Waals surface area contributed by atoms with Gasteiger partial charge in [0.2, 0.25) is 0 Å². The predicted molar refractivity (Wildman–Crippen MR) is 96.3 cm³/mol. The molecule has 0 bridgehead atoms. The number of hydrazine groups is 1. The van der Waals surface area contributed by atoms with E-state index in [0.29, 0.717) is 22.6 Å². The standard InChI is InChI=1S/C18H16F4N6/c1-28-9-26-15(16(28)10-2-4-12(19)5-3-10)13-8-11(6-7-25-13)14(23)17(27-24)18(20,21)22/h2-9,27H,23-24H2,1H3/b17-14-. The molecule has 0 unspecified atom stereocenters. The maximum Gasteiger partial charge on any atom is 0.434 e. The Morgan fingerprint density at radius 1 is 1.11 bits per heavy atom. The molecular weight excluding hydrogens is 376 g/mol. The molecule has 3 aromatic rings. The minimum Gasteiger partial charge on any atom is -0.397 e. The Morgan fingerprint density at radius 3 is 2.39 bits per heavy atom. The zero-order valence-corrected chi connectivity index (χ0v) is 14.6. The number of halogens is 4. The second-order valence-electron chi connectivity index (χ2n) is 5.92. The summed E-state index contributed by atoms with van der Waals surface area (Å²) in [7, 11) is 1.74. The van der Waals surface area contributed by atoms with Crippen LogP contribution in [-0.4, -0.2) is 20.7 Å². The van der Waals surface area contributed by atoms with E-state index in [-0.39, 0.29) is 11.4 Å². The Labute approximate surface area is 157 Å². The molecule has 10 heteroatoms. The van der Waals surface area contributed by atoms with Gasteiger partial charge in [-0.25, -0.2) is 9.37 Å². The monoisotopic (exact) mass is 392 g/mol. The van der Waals surface area contributed by atoms with Gasteiger partial charge in [-0.05, 0) is 36.4 Å². The van der Waals surface area contributed by atoms with Crippen molar-refractivity contribution in [3.63, 3.8) is 0 Å². The fourth-order valence-electron chi connectivity index (χ4n) is 2.75. The van der Waals surface area contributed by atoms with Gasteiger partial charge in [-0.15, -0.1) is 0 Å². The molecule has 0 amide bonds. The number of allylic oxidation sites excluding steroid dienone is 1. The molecule has 0 fully saturated rings. The summed E-state index contributed by atoms with van der Waals surface area (Å²) in [6, 6.07) is 8.48. The van der Waals surface area contributed by atoms with E-state index in [1.165, 1.54) is 36.8 Å². The van der Waals surface area contributed by atoms with Gasteiger partial charge in [-0.1, -0.05) is 0 Å². The van der Waals surface area contributed by atoms with Gasteiger partial charge in [0.05, 0.1) is 23.4 Å². The quantitative estimate of drug-likeness (QED) is 0.361. The number of nitrogens with two attached hydrogens (primary N) is 2. The van der Waals surface area contributed by atoms with Crippen LogP contribution in [0.3, 0.4) is 0 Å². The SMILES string of the molecule is Cn1cnc(-c2cc(/C(N)=C(/NN)C(F)(F)F)ccn2)c1-c1ccc(F)cc1. The summed E-state index contributed by atoms with van der Waals surface area (Å²) in [5, 5.41) is 0. The lowest BCUT2D eigenvalue weighted by molar-refractivity contribution is -0.0961. The van der Waals surface area contributed by atoms with Crippen LogP contribution in [0.4, 0.5) is 17.6 Å². The van der Waals surface area contributed by atoms with Gasteiger partial charge in [-0.3, -0.25) is 10.8 Å². The van der Waals surface area contributed by atoms with E-state index in [1.54, 1.807) is 29.2 Å². The summed E-state index contributed by atoms with van der Waals surface area (Å²) >= 11 is 0. The fraction of sp³-hybridized carbons (Fsp3) is 0.111. The van der Waals surface area contributed by atoms with Crippen LogP contribution in [0.15, 0.2) is 54.6 Å². The Kier molecular flexibility index (Phi) is 5.06. The predicted octanol–water partition coefficient (Wildman–Crippen LogP) is 2.94. The van der Waals surface area contributed by atoms with Crippen LogP contribution in [0, 0.1) is 5.82 Å². The number of benzene rings is 1. The number of imidazole rings is 1. The number of rotatable bonds is 4. The van der Waals surface area contributed by atoms with Crippen LogP contribution in [0.5, 0.6) is 0 Å². The largest absolute Gasteiger partial charge is 0.434 e. The van der Waals surface area contributed by atoms with E-state index in [2.05, 4.69) is 9.97 Å². The lowest BCUT2D eigenvalue weighted by Crippen LogP contribution is -2.34. The summed E-state index contributed by atoms with van der Waals surface area (Å²) in [4.78, 5) is 8.48. The number of nitrogens with zero attached hydrogens (tertiary/aromatic N) is 3. The number of aromatic nitrogens is 3. The minimum absolute atomic E-state index is 0.0750. The lowest BCUT2D eigenvalue weighted by atomic mass is 10.1. The zero-order chi connectivity index (χ0) is 20.5. The first kappa shape index (κ1) is 19.4. The zero-order valence-electron chi connectivity index (χ0n) is 14.6. The van der Waals surface area contributed by atoms with Gasteiger partial charge >= 0.3 is 6.18 Å². The van der Waals surface area contributed by atoms with E-state index < -0.39 is 17.6 Å². The first-order valence-corrected chi connectivity index (χ1v) is 8.00. The third-order valence-electron chi connectivity index (χ3n) is 4.07. The number of aryl methyl sites for hydroxylation is 1. The molecule has 2 aromatic heterocycles. The number of hydrogen-bond donors (Lipinski definition) is 3. The van der Waals surface area contributed by atoms with Crippen molar-refractivity contribution in [2.75, 3.05) is 0 Å². The fourth-order valence-corrected chi connectivity index (χ4v) is 2.75. The molecule has 5 N–H and O–H groups in total. The molecule has 0 atom stereocenters. The molecule has 0 saturated heterocycles. The van der Waals surface area contributed by atoms with Gasteiger partial charge in [0.1, 0.15) is 11.5 Å². The first-order chi connectivity index (χ1) is 13.2. The molecule has 0 saturated carbocycles. The van der Waals surface area contributed by atoms with Crippen molar-refractivity contribution in [2.45, 2.75) is 6.18 Å². The molecule has 0 aliphatic rings. The topological polar surface area (TPSA) is 94.8 Å². The molecule has 2 heterocycles. The van der Waals surface area contributed by atoms with Gasteiger partial charge < -0.3 is 15.7 Å². The summed E-state index contributed by atoms with van der Waals surface area (Å²) in [5.41, 5.74) is 7.54.